The molecule has 2 N–H and O–H groups in total. The summed E-state index contributed by atoms with van der Waals surface area (Å²) in [5, 5.41) is 4.77. The number of pyridine rings is 1. The Morgan fingerprint density at radius 2 is 2.04 bits per heavy atom. The normalized spacial score (nSPS) is 10.4. The van der Waals surface area contributed by atoms with Crippen LogP contribution in [-0.4, -0.2) is 29.0 Å². The van der Waals surface area contributed by atoms with Gasteiger partial charge in [0.15, 0.2) is 0 Å². The van der Waals surface area contributed by atoms with Crippen molar-refractivity contribution in [1.29, 1.82) is 0 Å². The van der Waals surface area contributed by atoms with Gasteiger partial charge in [-0.25, -0.2) is 0 Å². The van der Waals surface area contributed by atoms with Gasteiger partial charge in [0.1, 0.15) is 12.4 Å². The molecule has 0 aliphatic carbocycles. The maximum atomic E-state index is 12.3. The van der Waals surface area contributed by atoms with Gasteiger partial charge < -0.3 is 15.0 Å². The van der Waals surface area contributed by atoms with Gasteiger partial charge >= 0.3 is 0 Å². The van der Waals surface area contributed by atoms with Crippen LogP contribution in [-0.2, 0) is 0 Å². The van der Waals surface area contributed by atoms with E-state index in [9.17, 15) is 4.79 Å². The molecule has 0 unspecified atom stereocenters. The van der Waals surface area contributed by atoms with E-state index in [-0.39, 0.29) is 19.1 Å². The highest BCUT2D eigenvalue weighted by molar-refractivity contribution is 6.06. The predicted octanol–water partition coefficient (Wildman–Crippen LogP) is 3.53. The van der Waals surface area contributed by atoms with E-state index >= 15 is 0 Å². The molecule has 0 atom stereocenters. The number of para-hydroxylation sites is 1. The number of aromatic amines is 1. The molecule has 27 heavy (non-hydrogen) atoms. The highest BCUT2D eigenvalue weighted by atomic mass is 16.5. The molecule has 0 saturated carbocycles. The minimum Gasteiger partial charge on any atom is -0.481 e. The van der Waals surface area contributed by atoms with Crippen LogP contribution in [0.3, 0.4) is 0 Å². The standard InChI is InChI=1S/C22H17N3O2/c26-22(19-15-25-20-8-2-1-7-18(19)20)24-11-3-4-13-27-17-10-9-16-6-5-12-23-21(16)14-17/h1-2,5-10,12,14-15,25H,11,13H2,(H,24,26). The number of carbonyl (C=O) groups excluding carboxylic acids is 1. The topological polar surface area (TPSA) is 67.0 Å². The first kappa shape index (κ1) is 16.7. The quantitative estimate of drug-likeness (QED) is 0.550. The first-order chi connectivity index (χ1) is 13.3. The zero-order valence-electron chi connectivity index (χ0n) is 14.5. The van der Waals surface area contributed by atoms with Crippen molar-refractivity contribution in [2.45, 2.75) is 0 Å². The summed E-state index contributed by atoms with van der Waals surface area (Å²) >= 11 is 0. The van der Waals surface area contributed by atoms with Gasteiger partial charge in [0.2, 0.25) is 0 Å². The Kier molecular flexibility index (Phi) is 4.71. The number of hydrogen-bond acceptors (Lipinski definition) is 3. The van der Waals surface area contributed by atoms with Crippen LogP contribution >= 0.6 is 0 Å². The van der Waals surface area contributed by atoms with Gasteiger partial charge in [-0.15, -0.1) is 0 Å². The zero-order chi connectivity index (χ0) is 18.5. The monoisotopic (exact) mass is 355 g/mol. The van der Waals surface area contributed by atoms with Crippen LogP contribution in [0.1, 0.15) is 10.4 Å². The number of amides is 1. The fourth-order valence-corrected chi connectivity index (χ4v) is 2.85. The van der Waals surface area contributed by atoms with E-state index < -0.39 is 0 Å². The summed E-state index contributed by atoms with van der Waals surface area (Å²) in [6, 6.07) is 17.3. The molecule has 0 fully saturated rings. The molecule has 0 spiro atoms. The first-order valence-electron chi connectivity index (χ1n) is 8.59. The van der Waals surface area contributed by atoms with Crippen LogP contribution in [0.15, 0.2) is 67.0 Å². The number of ether oxygens (including phenoxy) is 1. The minimum atomic E-state index is -0.150. The van der Waals surface area contributed by atoms with E-state index in [1.165, 1.54) is 0 Å². The van der Waals surface area contributed by atoms with Crippen molar-refractivity contribution in [3.8, 4) is 17.6 Å². The average molecular weight is 355 g/mol. The molecule has 5 heteroatoms. The summed E-state index contributed by atoms with van der Waals surface area (Å²) in [5.74, 6) is 6.38. The number of carbonyl (C=O) groups is 1. The Balaban J connectivity index is 1.29. The van der Waals surface area contributed by atoms with E-state index in [2.05, 4.69) is 27.1 Å². The number of aromatic nitrogens is 2. The van der Waals surface area contributed by atoms with Gasteiger partial charge in [-0.2, -0.15) is 0 Å². The Hall–Kier alpha value is -3.78. The molecule has 0 radical (unpaired) electrons. The molecule has 4 aromatic rings. The van der Waals surface area contributed by atoms with Gasteiger partial charge in [-0.3, -0.25) is 9.78 Å². The lowest BCUT2D eigenvalue weighted by atomic mass is 10.1. The van der Waals surface area contributed by atoms with Crippen LogP contribution < -0.4 is 10.1 Å². The average Bonchev–Trinajstić information content (AvgIpc) is 3.14. The summed E-state index contributed by atoms with van der Waals surface area (Å²) in [7, 11) is 0. The van der Waals surface area contributed by atoms with E-state index in [1.54, 1.807) is 12.4 Å². The molecule has 5 nitrogen and oxygen atoms in total. The third-order valence-corrected chi connectivity index (χ3v) is 4.18. The van der Waals surface area contributed by atoms with E-state index in [4.69, 9.17) is 4.74 Å². The number of nitrogens with zero attached hydrogens (tertiary/aromatic N) is 1. The highest BCUT2D eigenvalue weighted by Gasteiger charge is 2.10. The molecule has 4 rings (SSSR count). The van der Waals surface area contributed by atoms with Crippen LogP contribution in [0.25, 0.3) is 21.8 Å². The summed E-state index contributed by atoms with van der Waals surface area (Å²) in [6.45, 7) is 0.516. The van der Waals surface area contributed by atoms with E-state index in [0.717, 1.165) is 27.6 Å². The molecule has 2 heterocycles. The number of hydrogen-bond donors (Lipinski definition) is 2. The Bertz CT molecular complexity index is 1170. The Labute approximate surface area is 156 Å². The summed E-state index contributed by atoms with van der Waals surface area (Å²) < 4.78 is 5.62. The Morgan fingerprint density at radius 3 is 3.00 bits per heavy atom. The van der Waals surface area contributed by atoms with Crippen molar-refractivity contribution >= 4 is 27.7 Å². The van der Waals surface area contributed by atoms with Crippen molar-refractivity contribution in [2.24, 2.45) is 0 Å². The SMILES string of the molecule is O=C(NCC#CCOc1ccc2cccnc2c1)c1c[nH]c2ccccc12. The molecule has 0 bridgehead atoms. The van der Waals surface area contributed by atoms with Gasteiger partial charge in [-0.05, 0) is 24.3 Å². The predicted molar refractivity (Wildman–Crippen MR) is 106 cm³/mol. The van der Waals surface area contributed by atoms with Crippen molar-refractivity contribution in [1.82, 2.24) is 15.3 Å². The second-order valence-corrected chi connectivity index (χ2v) is 5.93. The third-order valence-electron chi connectivity index (χ3n) is 4.18. The molecule has 0 saturated heterocycles. The smallest absolute Gasteiger partial charge is 0.254 e. The maximum Gasteiger partial charge on any atom is 0.254 e. The zero-order valence-corrected chi connectivity index (χ0v) is 14.5. The lowest BCUT2D eigenvalue weighted by molar-refractivity contribution is 0.0960. The number of H-pyrrole nitrogens is 1. The van der Waals surface area contributed by atoms with Crippen molar-refractivity contribution in [2.75, 3.05) is 13.2 Å². The molecular weight excluding hydrogens is 338 g/mol. The van der Waals surface area contributed by atoms with Crippen LogP contribution in [0.4, 0.5) is 0 Å². The molecule has 0 aliphatic heterocycles. The summed E-state index contributed by atoms with van der Waals surface area (Å²) in [4.78, 5) is 19.6. The number of rotatable bonds is 4. The summed E-state index contributed by atoms with van der Waals surface area (Å²) in [6.07, 6.45) is 3.46. The van der Waals surface area contributed by atoms with Gasteiger partial charge in [0.05, 0.1) is 17.6 Å². The second kappa shape index (κ2) is 7.63. The maximum absolute atomic E-state index is 12.3. The largest absolute Gasteiger partial charge is 0.481 e. The number of nitrogens with one attached hydrogen (secondary N) is 2. The lowest BCUT2D eigenvalue weighted by Crippen LogP contribution is -2.23. The molecule has 0 aliphatic rings. The van der Waals surface area contributed by atoms with Crippen LogP contribution in [0.5, 0.6) is 5.75 Å². The van der Waals surface area contributed by atoms with Crippen molar-refractivity contribution in [3.63, 3.8) is 0 Å². The van der Waals surface area contributed by atoms with E-state index in [1.807, 2.05) is 54.6 Å². The molecule has 2 aromatic heterocycles. The highest BCUT2D eigenvalue weighted by Crippen LogP contribution is 2.18. The molecular formula is C22H17N3O2. The van der Waals surface area contributed by atoms with Crippen LogP contribution in [0.2, 0.25) is 0 Å². The van der Waals surface area contributed by atoms with Gasteiger partial charge in [0, 0.05) is 34.7 Å². The van der Waals surface area contributed by atoms with E-state index in [0.29, 0.717) is 5.56 Å². The third kappa shape index (κ3) is 3.75. The molecule has 2 aromatic carbocycles. The number of fused-ring (bicyclic) bond motifs is 2. The fraction of sp³-hybridized carbons (Fsp3) is 0.0909. The Morgan fingerprint density at radius 1 is 1.11 bits per heavy atom. The number of benzene rings is 2. The fourth-order valence-electron chi connectivity index (χ4n) is 2.85. The first-order valence-corrected chi connectivity index (χ1v) is 8.59. The molecule has 132 valence electrons. The molecule has 1 amide bonds. The van der Waals surface area contributed by atoms with Crippen LogP contribution in [0, 0.1) is 11.8 Å². The summed E-state index contributed by atoms with van der Waals surface area (Å²) in [5.41, 5.74) is 2.44. The van der Waals surface area contributed by atoms with Crippen molar-refractivity contribution in [3.05, 3.63) is 72.6 Å². The van der Waals surface area contributed by atoms with Gasteiger partial charge in [-0.1, -0.05) is 36.1 Å². The lowest BCUT2D eigenvalue weighted by Gasteiger charge is -2.03. The van der Waals surface area contributed by atoms with Crippen molar-refractivity contribution < 1.29 is 9.53 Å². The minimum absolute atomic E-state index is 0.150. The van der Waals surface area contributed by atoms with Gasteiger partial charge in [0.25, 0.3) is 5.91 Å². The second-order valence-electron chi connectivity index (χ2n) is 5.93.